The van der Waals surface area contributed by atoms with E-state index < -0.39 is 6.04 Å². The van der Waals surface area contributed by atoms with Crippen LogP contribution < -0.4 is 0 Å². The molecule has 90 valence electrons. The van der Waals surface area contributed by atoms with Crippen LogP contribution in [0.3, 0.4) is 0 Å². The maximum absolute atomic E-state index is 13.8. The third kappa shape index (κ3) is 1.61. The smallest absolute Gasteiger partial charge is 0.144 e. The lowest BCUT2D eigenvalue weighted by atomic mass is 9.96. The van der Waals surface area contributed by atoms with Crippen LogP contribution in [0.1, 0.15) is 28.4 Å². The summed E-state index contributed by atoms with van der Waals surface area (Å²) in [4.78, 5) is 15.4. The van der Waals surface area contributed by atoms with Crippen molar-refractivity contribution in [2.24, 2.45) is 5.18 Å². The first kappa shape index (κ1) is 11.0. The van der Waals surface area contributed by atoms with Crippen LogP contribution in [0.4, 0.5) is 4.39 Å². The number of hydrogen-bond acceptors (Lipinski definition) is 3. The van der Waals surface area contributed by atoms with Crippen molar-refractivity contribution >= 4 is 0 Å². The van der Waals surface area contributed by atoms with Gasteiger partial charge in [0.15, 0.2) is 0 Å². The molecule has 3 rings (SSSR count). The molecule has 3 nitrogen and oxygen atoms in total. The number of rotatable bonds is 1. The average molecular weight is 242 g/mol. The van der Waals surface area contributed by atoms with Gasteiger partial charge in [0.2, 0.25) is 0 Å². The first-order valence-corrected chi connectivity index (χ1v) is 5.85. The summed E-state index contributed by atoms with van der Waals surface area (Å²) in [5.74, 6) is -0.269. The van der Waals surface area contributed by atoms with E-state index in [-0.39, 0.29) is 5.82 Å². The van der Waals surface area contributed by atoms with Crippen molar-refractivity contribution in [3.63, 3.8) is 0 Å². The highest BCUT2D eigenvalue weighted by molar-refractivity contribution is 5.42. The Balaban J connectivity index is 2.24. The standard InChI is InChI=1S/C14H11FN2O/c15-12-5-1-3-10-9(12)6-7-13-11(14(10)17-18)4-2-8-16-13/h1-5,8,14H,6-7H2. The molecule has 0 fully saturated rings. The minimum Gasteiger partial charge on any atom is -0.261 e. The minimum atomic E-state index is -0.651. The summed E-state index contributed by atoms with van der Waals surface area (Å²) in [6, 6.07) is 7.78. The maximum Gasteiger partial charge on any atom is 0.144 e. The summed E-state index contributed by atoms with van der Waals surface area (Å²) in [6.07, 6.45) is 2.88. The van der Waals surface area contributed by atoms with Gasteiger partial charge in [-0.3, -0.25) is 4.98 Å². The molecule has 2 aromatic rings. The Morgan fingerprint density at radius 3 is 2.83 bits per heavy atom. The van der Waals surface area contributed by atoms with Gasteiger partial charge in [-0.2, -0.15) is 0 Å². The fraction of sp³-hybridized carbons (Fsp3) is 0.214. The third-order valence-corrected chi connectivity index (χ3v) is 3.39. The van der Waals surface area contributed by atoms with E-state index >= 15 is 0 Å². The number of nitrogens with zero attached hydrogens (tertiary/aromatic N) is 2. The highest BCUT2D eigenvalue weighted by atomic mass is 19.1. The Hall–Kier alpha value is -2.10. The van der Waals surface area contributed by atoms with Crippen LogP contribution in [0.25, 0.3) is 0 Å². The molecule has 1 unspecified atom stereocenters. The number of halogens is 1. The molecule has 0 bridgehead atoms. The van der Waals surface area contributed by atoms with Crippen molar-refractivity contribution < 1.29 is 4.39 Å². The van der Waals surface area contributed by atoms with Crippen LogP contribution in [-0.4, -0.2) is 4.98 Å². The topological polar surface area (TPSA) is 42.3 Å². The van der Waals surface area contributed by atoms with Crippen LogP contribution in [-0.2, 0) is 12.8 Å². The lowest BCUT2D eigenvalue weighted by molar-refractivity contribution is 0.604. The summed E-state index contributed by atoms with van der Waals surface area (Å²) >= 11 is 0. The number of benzene rings is 1. The molecule has 1 aromatic heterocycles. The molecular weight excluding hydrogens is 231 g/mol. The largest absolute Gasteiger partial charge is 0.261 e. The molecular formula is C14H11FN2O. The van der Waals surface area contributed by atoms with E-state index in [2.05, 4.69) is 10.2 Å². The van der Waals surface area contributed by atoms with Crippen molar-refractivity contribution in [1.29, 1.82) is 0 Å². The van der Waals surface area contributed by atoms with Crippen LogP contribution >= 0.6 is 0 Å². The molecule has 0 aliphatic heterocycles. The van der Waals surface area contributed by atoms with Crippen molar-refractivity contribution in [2.45, 2.75) is 18.9 Å². The molecule has 1 aromatic carbocycles. The van der Waals surface area contributed by atoms with E-state index in [0.717, 1.165) is 11.3 Å². The summed E-state index contributed by atoms with van der Waals surface area (Å²) < 4.78 is 13.8. The molecule has 0 N–H and O–H groups in total. The number of fused-ring (bicyclic) bond motifs is 2. The van der Waals surface area contributed by atoms with Gasteiger partial charge in [0.25, 0.3) is 0 Å². The van der Waals surface area contributed by atoms with Gasteiger partial charge in [0, 0.05) is 17.5 Å². The summed E-state index contributed by atoms with van der Waals surface area (Å²) in [5.41, 5.74) is 2.87. The highest BCUT2D eigenvalue weighted by Crippen LogP contribution is 2.34. The highest BCUT2D eigenvalue weighted by Gasteiger charge is 2.26. The Bertz CT molecular complexity index is 612. The van der Waals surface area contributed by atoms with Crippen molar-refractivity contribution in [1.82, 2.24) is 4.98 Å². The molecule has 1 aliphatic carbocycles. The molecule has 0 amide bonds. The fourth-order valence-electron chi connectivity index (χ4n) is 2.53. The van der Waals surface area contributed by atoms with Crippen LogP contribution in [0.2, 0.25) is 0 Å². The van der Waals surface area contributed by atoms with Gasteiger partial charge in [-0.1, -0.05) is 23.4 Å². The Morgan fingerprint density at radius 2 is 2.00 bits per heavy atom. The fourth-order valence-corrected chi connectivity index (χ4v) is 2.53. The minimum absolute atomic E-state index is 0.269. The Kier molecular flexibility index (Phi) is 2.63. The van der Waals surface area contributed by atoms with Gasteiger partial charge in [-0.15, -0.1) is 4.91 Å². The predicted molar refractivity (Wildman–Crippen MR) is 65.7 cm³/mol. The van der Waals surface area contributed by atoms with Gasteiger partial charge >= 0.3 is 0 Å². The average Bonchev–Trinajstić information content (AvgIpc) is 2.56. The lowest BCUT2D eigenvalue weighted by Gasteiger charge is -2.12. The van der Waals surface area contributed by atoms with Gasteiger partial charge in [-0.25, -0.2) is 4.39 Å². The number of pyridine rings is 1. The quantitative estimate of drug-likeness (QED) is 0.721. The van der Waals surface area contributed by atoms with Gasteiger partial charge in [0.1, 0.15) is 11.9 Å². The predicted octanol–water partition coefficient (Wildman–Crippen LogP) is 3.18. The van der Waals surface area contributed by atoms with Gasteiger partial charge in [0.05, 0.1) is 0 Å². The third-order valence-electron chi connectivity index (χ3n) is 3.39. The zero-order chi connectivity index (χ0) is 12.5. The van der Waals surface area contributed by atoms with Crippen molar-refractivity contribution in [3.05, 3.63) is 69.6 Å². The molecule has 1 heterocycles. The number of aromatic nitrogens is 1. The summed E-state index contributed by atoms with van der Waals surface area (Å²) in [7, 11) is 0. The van der Waals surface area contributed by atoms with E-state index in [1.165, 1.54) is 6.07 Å². The number of hydrogen-bond donors (Lipinski definition) is 0. The summed E-state index contributed by atoms with van der Waals surface area (Å²) in [6.45, 7) is 0. The maximum atomic E-state index is 13.8. The molecule has 4 heteroatoms. The van der Waals surface area contributed by atoms with Crippen molar-refractivity contribution in [2.75, 3.05) is 0 Å². The van der Waals surface area contributed by atoms with Crippen LogP contribution in [0.15, 0.2) is 41.7 Å². The molecule has 1 aliphatic rings. The van der Waals surface area contributed by atoms with Gasteiger partial charge in [-0.05, 0) is 36.1 Å². The van der Waals surface area contributed by atoms with Crippen molar-refractivity contribution in [3.8, 4) is 0 Å². The zero-order valence-electron chi connectivity index (χ0n) is 9.64. The summed E-state index contributed by atoms with van der Waals surface area (Å²) in [5, 5.41) is 3.17. The molecule has 1 atom stereocenters. The molecule has 0 saturated heterocycles. The molecule has 0 spiro atoms. The first-order valence-electron chi connectivity index (χ1n) is 5.85. The first-order chi connectivity index (χ1) is 8.81. The van der Waals surface area contributed by atoms with Crippen LogP contribution in [0, 0.1) is 10.7 Å². The zero-order valence-corrected chi connectivity index (χ0v) is 9.64. The Labute approximate surface area is 104 Å². The number of nitroso groups, excluding NO2 is 1. The van der Waals surface area contributed by atoms with E-state index in [1.807, 2.05) is 6.07 Å². The second-order valence-electron chi connectivity index (χ2n) is 4.35. The van der Waals surface area contributed by atoms with E-state index in [0.29, 0.717) is 24.0 Å². The van der Waals surface area contributed by atoms with E-state index in [1.54, 1.807) is 24.4 Å². The van der Waals surface area contributed by atoms with E-state index in [4.69, 9.17) is 0 Å². The van der Waals surface area contributed by atoms with Gasteiger partial charge < -0.3 is 0 Å². The normalized spacial score (nSPS) is 17.5. The second kappa shape index (κ2) is 4.29. The van der Waals surface area contributed by atoms with E-state index in [9.17, 15) is 9.30 Å². The molecule has 0 saturated carbocycles. The molecule has 0 radical (unpaired) electrons. The Morgan fingerprint density at radius 1 is 1.17 bits per heavy atom. The van der Waals surface area contributed by atoms with Crippen LogP contribution in [0.5, 0.6) is 0 Å². The number of aryl methyl sites for hydroxylation is 1. The molecule has 18 heavy (non-hydrogen) atoms. The monoisotopic (exact) mass is 242 g/mol. The second-order valence-corrected chi connectivity index (χ2v) is 4.35. The lowest BCUT2D eigenvalue weighted by Crippen LogP contribution is -2.02. The SMILES string of the molecule is O=NC1c2cccnc2CCc2c(F)cccc21.